The second-order valence-corrected chi connectivity index (χ2v) is 7.39. The van der Waals surface area contributed by atoms with E-state index in [1.807, 2.05) is 6.07 Å². The van der Waals surface area contributed by atoms with E-state index in [1.54, 1.807) is 16.6 Å². The maximum Gasteiger partial charge on any atom is 0.404 e. The molecule has 3 aromatic heterocycles. The van der Waals surface area contributed by atoms with Crippen LogP contribution in [0.4, 0.5) is 16.3 Å². The van der Waals surface area contributed by atoms with Gasteiger partial charge in [0, 0.05) is 26.2 Å². The lowest BCUT2D eigenvalue weighted by Crippen LogP contribution is -2.47. The van der Waals surface area contributed by atoms with Crippen molar-refractivity contribution in [1.82, 2.24) is 30.2 Å². The maximum atomic E-state index is 12.1. The number of fused-ring (bicyclic) bond motifs is 1. The molecule has 1 atom stereocenters. The number of piperidine rings is 1. The van der Waals surface area contributed by atoms with Crippen molar-refractivity contribution in [3.05, 3.63) is 30.1 Å². The summed E-state index contributed by atoms with van der Waals surface area (Å²) >= 11 is 0. The quantitative estimate of drug-likeness (QED) is 0.453. The lowest BCUT2D eigenvalue weighted by Gasteiger charge is -2.33. The molecule has 3 aromatic rings. The van der Waals surface area contributed by atoms with Crippen molar-refractivity contribution in [2.75, 3.05) is 37.9 Å². The number of carbonyl (C=O) groups excluding carboxylic acids is 1. The Hall–Kier alpha value is -4.09. The monoisotopic (exact) mass is 440 g/mol. The van der Waals surface area contributed by atoms with E-state index in [-0.39, 0.29) is 17.8 Å². The first-order valence-electron chi connectivity index (χ1n) is 10.1. The van der Waals surface area contributed by atoms with Crippen LogP contribution in [0, 0.1) is 0 Å². The molecule has 0 bridgehead atoms. The number of pyridine rings is 1. The summed E-state index contributed by atoms with van der Waals surface area (Å²) in [6.07, 6.45) is 1.89. The molecule has 1 unspecified atom stereocenters. The van der Waals surface area contributed by atoms with Crippen molar-refractivity contribution in [2.45, 2.75) is 18.9 Å². The molecule has 2 amide bonds. The van der Waals surface area contributed by atoms with Crippen molar-refractivity contribution in [1.29, 1.82) is 0 Å². The molecule has 12 nitrogen and oxygen atoms in total. The van der Waals surface area contributed by atoms with Gasteiger partial charge in [0.25, 0.3) is 5.91 Å². The van der Waals surface area contributed by atoms with Crippen LogP contribution in [0.25, 0.3) is 16.9 Å². The number of hydrogen-bond acceptors (Lipinski definition) is 8. The number of carboxylic acid groups (broad SMARTS) is 1. The fourth-order valence-electron chi connectivity index (χ4n) is 4.01. The molecule has 1 saturated heterocycles. The van der Waals surface area contributed by atoms with Crippen LogP contribution in [0.2, 0.25) is 0 Å². The first-order valence-corrected chi connectivity index (χ1v) is 10.1. The zero-order chi connectivity index (χ0) is 22.8. The molecule has 0 saturated carbocycles. The SMILES string of the molecule is CNC(=O)c1ccc(-c2cc(N3CCCC(NC(=O)O)C3)c3c(N)ncnn23)nc1OC. The fraction of sp³-hybridized carbons (Fsp3) is 0.350. The van der Waals surface area contributed by atoms with Crippen LogP contribution in [0.15, 0.2) is 24.5 Å². The maximum absolute atomic E-state index is 12.1. The minimum Gasteiger partial charge on any atom is -0.480 e. The van der Waals surface area contributed by atoms with Crippen LogP contribution in [0.3, 0.4) is 0 Å². The third-order valence-electron chi connectivity index (χ3n) is 5.44. The Morgan fingerprint density at radius 3 is 2.88 bits per heavy atom. The van der Waals surface area contributed by atoms with Crippen LogP contribution in [-0.4, -0.2) is 70.0 Å². The van der Waals surface area contributed by atoms with Gasteiger partial charge in [0.2, 0.25) is 5.88 Å². The number of hydrogen-bond donors (Lipinski definition) is 4. The van der Waals surface area contributed by atoms with E-state index in [1.165, 1.54) is 20.5 Å². The number of amides is 2. The number of nitrogens with two attached hydrogens (primary N) is 1. The molecule has 12 heteroatoms. The van der Waals surface area contributed by atoms with E-state index in [4.69, 9.17) is 15.6 Å². The molecule has 4 heterocycles. The molecule has 4 rings (SSSR count). The van der Waals surface area contributed by atoms with Gasteiger partial charge in [0.1, 0.15) is 17.4 Å². The topological polar surface area (TPSA) is 160 Å². The van der Waals surface area contributed by atoms with Gasteiger partial charge in [-0.05, 0) is 31.0 Å². The number of nitrogens with one attached hydrogen (secondary N) is 2. The minimum atomic E-state index is -1.05. The van der Waals surface area contributed by atoms with Crippen molar-refractivity contribution in [2.24, 2.45) is 0 Å². The highest BCUT2D eigenvalue weighted by Gasteiger charge is 2.26. The number of aromatic nitrogens is 4. The van der Waals surface area contributed by atoms with E-state index in [0.29, 0.717) is 34.8 Å². The van der Waals surface area contributed by atoms with E-state index in [0.717, 1.165) is 25.1 Å². The molecule has 1 fully saturated rings. The Balaban J connectivity index is 1.80. The molecular weight excluding hydrogens is 416 g/mol. The number of rotatable bonds is 5. The van der Waals surface area contributed by atoms with Crippen LogP contribution in [-0.2, 0) is 0 Å². The lowest BCUT2D eigenvalue weighted by molar-refractivity contribution is 0.0959. The standard InChI is InChI=1S/C20H24N8O4/c1-22-18(29)12-5-6-13(26-19(12)32-2)14-8-15(16-17(21)23-10-24-28(14)16)27-7-3-4-11(9-27)25-20(30)31/h5-6,8,10-11,25H,3-4,7,9H2,1-2H3,(H,22,29)(H,30,31)(H2,21,23,24). The normalized spacial score (nSPS) is 16.1. The molecule has 168 valence electrons. The zero-order valence-electron chi connectivity index (χ0n) is 17.7. The summed E-state index contributed by atoms with van der Waals surface area (Å²) in [6.45, 7) is 1.23. The van der Waals surface area contributed by atoms with E-state index in [9.17, 15) is 9.59 Å². The first kappa shape index (κ1) is 21.2. The average molecular weight is 440 g/mol. The summed E-state index contributed by atoms with van der Waals surface area (Å²) in [6, 6.07) is 5.04. The minimum absolute atomic E-state index is 0.184. The molecule has 32 heavy (non-hydrogen) atoms. The highest BCUT2D eigenvalue weighted by atomic mass is 16.5. The molecule has 1 aliphatic heterocycles. The van der Waals surface area contributed by atoms with Crippen LogP contribution < -0.4 is 26.0 Å². The van der Waals surface area contributed by atoms with Gasteiger partial charge in [-0.3, -0.25) is 4.79 Å². The molecular formula is C20H24N8O4. The number of anilines is 2. The Bertz CT molecular complexity index is 1180. The zero-order valence-corrected chi connectivity index (χ0v) is 17.7. The Morgan fingerprint density at radius 1 is 1.34 bits per heavy atom. The third kappa shape index (κ3) is 3.82. The van der Waals surface area contributed by atoms with Gasteiger partial charge < -0.3 is 31.1 Å². The number of methoxy groups -OCH3 is 1. The number of nitrogen functional groups attached to an aromatic ring is 1. The predicted molar refractivity (Wildman–Crippen MR) is 117 cm³/mol. The van der Waals surface area contributed by atoms with Crippen LogP contribution in [0.1, 0.15) is 23.2 Å². The van der Waals surface area contributed by atoms with E-state index >= 15 is 0 Å². The Morgan fingerprint density at radius 2 is 2.16 bits per heavy atom. The molecule has 0 radical (unpaired) electrons. The smallest absolute Gasteiger partial charge is 0.404 e. The van der Waals surface area contributed by atoms with Gasteiger partial charge in [-0.25, -0.2) is 19.3 Å². The van der Waals surface area contributed by atoms with Crippen molar-refractivity contribution >= 4 is 29.0 Å². The van der Waals surface area contributed by atoms with Gasteiger partial charge in [0.15, 0.2) is 5.82 Å². The second-order valence-electron chi connectivity index (χ2n) is 7.39. The highest BCUT2D eigenvalue weighted by molar-refractivity contribution is 5.96. The summed E-state index contributed by atoms with van der Waals surface area (Å²) < 4.78 is 6.97. The summed E-state index contributed by atoms with van der Waals surface area (Å²) in [5.74, 6) is 0.172. The Labute approximate surface area is 183 Å². The number of ether oxygens (including phenoxy) is 1. The van der Waals surface area contributed by atoms with Crippen LogP contribution in [0.5, 0.6) is 5.88 Å². The van der Waals surface area contributed by atoms with E-state index < -0.39 is 6.09 Å². The van der Waals surface area contributed by atoms with Gasteiger partial charge in [0.05, 0.1) is 24.2 Å². The van der Waals surface area contributed by atoms with Gasteiger partial charge in [-0.2, -0.15) is 5.10 Å². The lowest BCUT2D eigenvalue weighted by atomic mass is 10.1. The molecule has 0 spiro atoms. The predicted octanol–water partition coefficient (Wildman–Crippen LogP) is 0.978. The fourth-order valence-corrected chi connectivity index (χ4v) is 4.01. The summed E-state index contributed by atoms with van der Waals surface area (Å²) in [7, 11) is 2.98. The largest absolute Gasteiger partial charge is 0.480 e. The third-order valence-corrected chi connectivity index (χ3v) is 5.44. The first-order chi connectivity index (χ1) is 15.4. The van der Waals surface area contributed by atoms with Crippen LogP contribution >= 0.6 is 0 Å². The van der Waals surface area contributed by atoms with Crippen molar-refractivity contribution < 1.29 is 19.4 Å². The summed E-state index contributed by atoms with van der Waals surface area (Å²) in [5, 5.41) is 18.6. The molecule has 1 aliphatic rings. The number of nitrogens with zero attached hydrogens (tertiary/aromatic N) is 5. The van der Waals surface area contributed by atoms with Gasteiger partial charge in [-0.15, -0.1) is 0 Å². The van der Waals surface area contributed by atoms with E-state index in [2.05, 4.69) is 30.6 Å². The average Bonchev–Trinajstić information content (AvgIpc) is 3.19. The van der Waals surface area contributed by atoms with Gasteiger partial charge >= 0.3 is 6.09 Å². The highest BCUT2D eigenvalue weighted by Crippen LogP contribution is 2.35. The molecule has 0 aliphatic carbocycles. The Kier molecular flexibility index (Phi) is 5.67. The summed E-state index contributed by atoms with van der Waals surface area (Å²) in [5.41, 5.74) is 9.08. The number of carbonyl (C=O) groups is 2. The molecule has 0 aromatic carbocycles. The molecule has 5 N–H and O–H groups in total. The summed E-state index contributed by atoms with van der Waals surface area (Å²) in [4.78, 5) is 33.9. The second kappa shape index (κ2) is 8.57. The van der Waals surface area contributed by atoms with Crippen molar-refractivity contribution in [3.8, 4) is 17.3 Å². The van der Waals surface area contributed by atoms with Gasteiger partial charge in [-0.1, -0.05) is 0 Å². The van der Waals surface area contributed by atoms with Crippen molar-refractivity contribution in [3.63, 3.8) is 0 Å².